The van der Waals surface area contributed by atoms with Gasteiger partial charge in [-0.2, -0.15) is 0 Å². The summed E-state index contributed by atoms with van der Waals surface area (Å²) in [6, 6.07) is 27.1. The van der Waals surface area contributed by atoms with E-state index >= 15 is 0 Å². The molecular weight excluding hydrogens is 551 g/mol. The van der Waals surface area contributed by atoms with Crippen LogP contribution in [0.2, 0.25) is 10.0 Å². The number of carboxylic acids is 1. The van der Waals surface area contributed by atoms with Gasteiger partial charge in [0.05, 0.1) is 21.3 Å². The Hall–Kier alpha value is -3.97. The van der Waals surface area contributed by atoms with Gasteiger partial charge >= 0.3 is 5.97 Å². The van der Waals surface area contributed by atoms with Crippen LogP contribution < -0.4 is 4.90 Å². The number of anilines is 1. The van der Waals surface area contributed by atoms with Crippen molar-refractivity contribution in [2.24, 2.45) is 0 Å². The molecule has 1 heterocycles. The van der Waals surface area contributed by atoms with E-state index in [1.165, 1.54) is 11.3 Å². The average Bonchev–Trinajstić information content (AvgIpc) is 3.46. The van der Waals surface area contributed by atoms with Crippen molar-refractivity contribution in [1.29, 1.82) is 0 Å². The molecule has 5 rings (SSSR count). The minimum Gasteiger partial charge on any atom is -0.478 e. The van der Waals surface area contributed by atoms with E-state index in [9.17, 15) is 14.7 Å². The highest BCUT2D eigenvalue weighted by molar-refractivity contribution is 7.13. The van der Waals surface area contributed by atoms with Gasteiger partial charge in [0.15, 0.2) is 0 Å². The Balaban J connectivity index is 1.43. The second-order valence-electron chi connectivity index (χ2n) is 8.69. The minimum absolute atomic E-state index is 0.120. The van der Waals surface area contributed by atoms with Crippen LogP contribution in [0.15, 0.2) is 96.4 Å². The van der Waals surface area contributed by atoms with Crippen molar-refractivity contribution in [2.75, 3.05) is 11.4 Å². The van der Waals surface area contributed by atoms with E-state index in [0.29, 0.717) is 43.9 Å². The number of rotatable bonds is 7. The zero-order valence-electron chi connectivity index (χ0n) is 20.8. The molecule has 39 heavy (non-hydrogen) atoms. The van der Waals surface area contributed by atoms with Crippen molar-refractivity contribution in [2.45, 2.75) is 6.92 Å². The maximum Gasteiger partial charge on any atom is 0.336 e. The molecule has 0 fully saturated rings. The van der Waals surface area contributed by atoms with Crippen LogP contribution in [0.5, 0.6) is 0 Å². The molecule has 1 aromatic heterocycles. The van der Waals surface area contributed by atoms with Crippen molar-refractivity contribution in [3.63, 3.8) is 0 Å². The Kier molecular flexibility index (Phi) is 7.79. The number of halogens is 2. The summed E-state index contributed by atoms with van der Waals surface area (Å²) >= 11 is 13.6. The van der Waals surface area contributed by atoms with Gasteiger partial charge in [0.1, 0.15) is 5.01 Å². The number of nitrogens with zero attached hydrogens (tertiary/aromatic N) is 2. The molecule has 0 spiro atoms. The number of aromatic carboxylic acids is 1. The number of aromatic nitrogens is 1. The van der Waals surface area contributed by atoms with Gasteiger partial charge in [0, 0.05) is 34.3 Å². The van der Waals surface area contributed by atoms with Gasteiger partial charge in [-0.1, -0.05) is 71.7 Å². The molecule has 0 unspecified atom stereocenters. The highest BCUT2D eigenvalue weighted by Crippen LogP contribution is 2.35. The van der Waals surface area contributed by atoms with Crippen molar-refractivity contribution in [3.8, 4) is 33.0 Å². The summed E-state index contributed by atoms with van der Waals surface area (Å²) in [7, 11) is 0. The fraction of sp³-hybridized carbons (Fsp3) is 0.0645. The van der Waals surface area contributed by atoms with Gasteiger partial charge in [0.2, 0.25) is 0 Å². The Morgan fingerprint density at radius 1 is 0.846 bits per heavy atom. The lowest BCUT2D eigenvalue weighted by atomic mass is 9.96. The third-order valence-electron chi connectivity index (χ3n) is 6.29. The van der Waals surface area contributed by atoms with E-state index in [2.05, 4.69) is 4.98 Å². The first-order valence-electron chi connectivity index (χ1n) is 12.1. The van der Waals surface area contributed by atoms with Crippen LogP contribution in [0.4, 0.5) is 5.69 Å². The number of thiazole rings is 1. The Bertz CT molecular complexity index is 1670. The highest BCUT2D eigenvalue weighted by atomic mass is 35.5. The first-order valence-corrected chi connectivity index (χ1v) is 13.7. The van der Waals surface area contributed by atoms with Gasteiger partial charge in [-0.25, -0.2) is 9.78 Å². The summed E-state index contributed by atoms with van der Waals surface area (Å²) in [6.45, 7) is 2.45. The van der Waals surface area contributed by atoms with Crippen LogP contribution >= 0.6 is 34.5 Å². The van der Waals surface area contributed by atoms with Gasteiger partial charge < -0.3 is 10.0 Å². The molecule has 0 aliphatic rings. The zero-order chi connectivity index (χ0) is 27.5. The molecule has 5 aromatic rings. The SMILES string of the molecule is CCN(C(=O)c1ccc(-c2ccc(-c3nc(-c4ccc(Cl)c(Cl)c4)cs3)cc2C(=O)O)cc1)c1ccccc1. The largest absolute Gasteiger partial charge is 0.478 e. The van der Waals surface area contributed by atoms with Crippen molar-refractivity contribution < 1.29 is 14.7 Å². The molecule has 0 bridgehead atoms. The number of hydrogen-bond acceptors (Lipinski definition) is 4. The number of carbonyl (C=O) groups is 2. The van der Waals surface area contributed by atoms with Crippen LogP contribution in [0.25, 0.3) is 33.0 Å². The van der Waals surface area contributed by atoms with E-state index in [1.54, 1.807) is 53.4 Å². The van der Waals surface area contributed by atoms with Crippen LogP contribution in [0.3, 0.4) is 0 Å². The predicted molar refractivity (Wildman–Crippen MR) is 159 cm³/mol. The topological polar surface area (TPSA) is 70.5 Å². The second kappa shape index (κ2) is 11.4. The fourth-order valence-electron chi connectivity index (χ4n) is 4.30. The van der Waals surface area contributed by atoms with Crippen LogP contribution in [-0.2, 0) is 0 Å². The van der Waals surface area contributed by atoms with Gasteiger partial charge in [-0.3, -0.25) is 4.79 Å². The summed E-state index contributed by atoms with van der Waals surface area (Å²) in [5.41, 5.74) is 5.00. The molecule has 0 atom stereocenters. The molecule has 0 saturated carbocycles. The van der Waals surface area contributed by atoms with Crippen LogP contribution in [0, 0.1) is 0 Å². The Morgan fingerprint density at radius 2 is 1.54 bits per heavy atom. The van der Waals surface area contributed by atoms with Gasteiger partial charge in [0.25, 0.3) is 5.91 Å². The fourth-order valence-corrected chi connectivity index (χ4v) is 5.42. The molecule has 0 aliphatic carbocycles. The van der Waals surface area contributed by atoms with E-state index in [1.807, 2.05) is 54.8 Å². The third kappa shape index (κ3) is 5.59. The van der Waals surface area contributed by atoms with Crippen molar-refractivity contribution in [3.05, 3.63) is 118 Å². The summed E-state index contributed by atoms with van der Waals surface area (Å²) < 4.78 is 0. The molecule has 0 radical (unpaired) electrons. The lowest BCUT2D eigenvalue weighted by Gasteiger charge is -2.21. The third-order valence-corrected chi connectivity index (χ3v) is 7.92. The summed E-state index contributed by atoms with van der Waals surface area (Å²) in [5.74, 6) is -1.17. The summed E-state index contributed by atoms with van der Waals surface area (Å²) in [4.78, 5) is 31.8. The Labute approximate surface area is 239 Å². The number of benzene rings is 4. The molecule has 194 valence electrons. The predicted octanol–water partition coefficient (Wildman–Crippen LogP) is 8.82. The maximum absolute atomic E-state index is 13.2. The molecule has 1 amide bonds. The van der Waals surface area contributed by atoms with Gasteiger partial charge in [-0.05, 0) is 60.5 Å². The minimum atomic E-state index is -1.05. The maximum atomic E-state index is 13.2. The van der Waals surface area contributed by atoms with Crippen LogP contribution in [0.1, 0.15) is 27.6 Å². The molecule has 0 aliphatic heterocycles. The molecule has 4 aromatic carbocycles. The van der Waals surface area contributed by atoms with E-state index < -0.39 is 5.97 Å². The summed E-state index contributed by atoms with van der Waals surface area (Å²) in [6.07, 6.45) is 0. The van der Waals surface area contributed by atoms with Crippen molar-refractivity contribution in [1.82, 2.24) is 4.98 Å². The van der Waals surface area contributed by atoms with E-state index in [0.717, 1.165) is 16.9 Å². The number of para-hydroxylation sites is 1. The monoisotopic (exact) mass is 572 g/mol. The molecule has 8 heteroatoms. The smallest absolute Gasteiger partial charge is 0.336 e. The van der Waals surface area contributed by atoms with Crippen LogP contribution in [-0.4, -0.2) is 28.5 Å². The number of hydrogen-bond donors (Lipinski definition) is 1. The van der Waals surface area contributed by atoms with Crippen molar-refractivity contribution >= 4 is 52.1 Å². The zero-order valence-corrected chi connectivity index (χ0v) is 23.1. The van der Waals surface area contributed by atoms with Gasteiger partial charge in [-0.15, -0.1) is 11.3 Å². The number of carboxylic acid groups (broad SMARTS) is 1. The number of amides is 1. The lowest BCUT2D eigenvalue weighted by molar-refractivity contribution is 0.0697. The quantitative estimate of drug-likeness (QED) is 0.211. The molecule has 0 saturated heterocycles. The Morgan fingerprint density at radius 3 is 2.21 bits per heavy atom. The number of carbonyl (C=O) groups excluding carboxylic acids is 1. The standard InChI is InChI=1S/C31H22Cl2N2O3S/c1-2-35(23-6-4-3-5-7-23)30(36)20-10-8-19(9-11-20)24-14-12-22(16-25(24)31(37)38)29-34-28(18-39-29)21-13-15-26(32)27(33)17-21/h3-18H,2H2,1H3,(H,37,38). The average molecular weight is 574 g/mol. The summed E-state index contributed by atoms with van der Waals surface area (Å²) in [5, 5.41) is 13.5. The first-order chi connectivity index (χ1) is 18.9. The molecular formula is C31H22Cl2N2O3S. The second-order valence-corrected chi connectivity index (χ2v) is 10.4. The molecule has 5 nitrogen and oxygen atoms in total. The molecule has 1 N–H and O–H groups in total. The van der Waals surface area contributed by atoms with E-state index in [-0.39, 0.29) is 11.5 Å². The highest BCUT2D eigenvalue weighted by Gasteiger charge is 2.18. The first kappa shape index (κ1) is 26.6. The van der Waals surface area contributed by atoms with E-state index in [4.69, 9.17) is 23.2 Å². The lowest BCUT2D eigenvalue weighted by Crippen LogP contribution is -2.30. The normalized spacial score (nSPS) is 10.8.